The second-order valence-corrected chi connectivity index (χ2v) is 5.44. The van der Waals surface area contributed by atoms with Crippen molar-refractivity contribution in [2.24, 2.45) is 0 Å². The first kappa shape index (κ1) is 12.4. The summed E-state index contributed by atoms with van der Waals surface area (Å²) >= 11 is 3.41. The van der Waals surface area contributed by atoms with Gasteiger partial charge in [-0.15, -0.1) is 0 Å². The van der Waals surface area contributed by atoms with E-state index in [1.807, 2.05) is 11.0 Å². The van der Waals surface area contributed by atoms with Crippen molar-refractivity contribution in [2.45, 2.75) is 32.2 Å². The Morgan fingerprint density at radius 1 is 1.47 bits per heavy atom. The number of nitrogens with zero attached hydrogens (tertiary/aromatic N) is 1. The molecular weight excluding hydrogens is 280 g/mol. The van der Waals surface area contributed by atoms with E-state index in [-0.39, 0.29) is 5.91 Å². The fraction of sp³-hybridized carbons (Fsp3) is 0.462. The van der Waals surface area contributed by atoms with Crippen LogP contribution in [0.4, 0.5) is 5.69 Å². The molecule has 1 saturated heterocycles. The molecule has 17 heavy (non-hydrogen) atoms. The number of likely N-dealkylation sites (tertiary alicyclic amines) is 1. The number of anilines is 1. The van der Waals surface area contributed by atoms with Crippen LogP contribution in [0, 0.1) is 0 Å². The molecule has 0 bridgehead atoms. The van der Waals surface area contributed by atoms with Crippen molar-refractivity contribution in [3.8, 4) is 0 Å². The van der Waals surface area contributed by atoms with E-state index in [1.165, 1.54) is 6.42 Å². The Morgan fingerprint density at radius 2 is 2.24 bits per heavy atom. The minimum atomic E-state index is 0.0800. The summed E-state index contributed by atoms with van der Waals surface area (Å²) in [5.74, 6) is 0.0800. The minimum Gasteiger partial charge on any atom is -0.399 e. The molecule has 0 radical (unpaired) electrons. The van der Waals surface area contributed by atoms with Gasteiger partial charge in [0.2, 0.25) is 0 Å². The van der Waals surface area contributed by atoms with Gasteiger partial charge in [0.05, 0.1) is 5.56 Å². The van der Waals surface area contributed by atoms with E-state index in [9.17, 15) is 4.79 Å². The molecule has 2 N–H and O–H groups in total. The van der Waals surface area contributed by atoms with E-state index in [0.717, 1.165) is 23.9 Å². The molecule has 0 aromatic heterocycles. The van der Waals surface area contributed by atoms with Crippen LogP contribution < -0.4 is 5.73 Å². The second-order valence-electron chi connectivity index (χ2n) is 4.58. The maximum absolute atomic E-state index is 12.4. The number of benzene rings is 1. The molecular formula is C13H17BrN2O. The number of amides is 1. The third-order valence-electron chi connectivity index (χ3n) is 3.28. The van der Waals surface area contributed by atoms with Crippen LogP contribution in [0.2, 0.25) is 0 Å². The molecule has 1 aliphatic rings. The van der Waals surface area contributed by atoms with Crippen molar-refractivity contribution in [3.05, 3.63) is 28.2 Å². The molecule has 1 atom stereocenters. The summed E-state index contributed by atoms with van der Waals surface area (Å²) in [5, 5.41) is 0. The first-order valence-electron chi connectivity index (χ1n) is 5.95. The van der Waals surface area contributed by atoms with Gasteiger partial charge in [0, 0.05) is 22.7 Å². The predicted molar refractivity (Wildman–Crippen MR) is 72.9 cm³/mol. The Hall–Kier alpha value is -1.03. The van der Waals surface area contributed by atoms with Crippen molar-refractivity contribution in [1.82, 2.24) is 4.90 Å². The number of nitrogens with two attached hydrogens (primary N) is 1. The standard InChI is InChI=1S/C13H17BrN2O/c1-9-4-2-3-7-16(9)13(17)11-8-10(15)5-6-12(11)14/h5-6,8-9H,2-4,7,15H2,1H3. The largest absolute Gasteiger partial charge is 0.399 e. The Balaban J connectivity index is 2.26. The third-order valence-corrected chi connectivity index (χ3v) is 3.98. The molecule has 2 rings (SSSR count). The van der Waals surface area contributed by atoms with Crippen molar-refractivity contribution >= 4 is 27.5 Å². The summed E-state index contributed by atoms with van der Waals surface area (Å²) in [7, 11) is 0. The average Bonchev–Trinajstić information content (AvgIpc) is 2.32. The normalized spacial score (nSPS) is 20.4. The Kier molecular flexibility index (Phi) is 3.72. The molecule has 0 aliphatic carbocycles. The number of carbonyl (C=O) groups excluding carboxylic acids is 1. The fourth-order valence-corrected chi connectivity index (χ4v) is 2.68. The first-order chi connectivity index (χ1) is 8.09. The molecule has 1 aromatic carbocycles. The third kappa shape index (κ3) is 2.63. The van der Waals surface area contributed by atoms with Crippen molar-refractivity contribution < 1.29 is 4.79 Å². The lowest BCUT2D eigenvalue weighted by atomic mass is 10.0. The highest BCUT2D eigenvalue weighted by molar-refractivity contribution is 9.10. The van der Waals surface area contributed by atoms with Crippen molar-refractivity contribution in [1.29, 1.82) is 0 Å². The quantitative estimate of drug-likeness (QED) is 0.810. The van der Waals surface area contributed by atoms with Crippen LogP contribution in [0.1, 0.15) is 36.5 Å². The van der Waals surface area contributed by atoms with Crippen LogP contribution in [0.3, 0.4) is 0 Å². The predicted octanol–water partition coefficient (Wildman–Crippen LogP) is 3.05. The van der Waals surface area contributed by atoms with Gasteiger partial charge in [-0.2, -0.15) is 0 Å². The SMILES string of the molecule is CC1CCCCN1C(=O)c1cc(N)ccc1Br. The van der Waals surface area contributed by atoms with E-state index >= 15 is 0 Å². The molecule has 1 heterocycles. The first-order valence-corrected chi connectivity index (χ1v) is 6.75. The van der Waals surface area contributed by atoms with Gasteiger partial charge in [-0.25, -0.2) is 0 Å². The zero-order valence-corrected chi connectivity index (χ0v) is 11.5. The zero-order chi connectivity index (χ0) is 12.4. The summed E-state index contributed by atoms with van der Waals surface area (Å²) in [4.78, 5) is 14.4. The topological polar surface area (TPSA) is 46.3 Å². The molecule has 3 nitrogen and oxygen atoms in total. The van der Waals surface area contributed by atoms with Crippen LogP contribution in [0.25, 0.3) is 0 Å². The van der Waals surface area contributed by atoms with Gasteiger partial charge in [0.25, 0.3) is 5.91 Å². The lowest BCUT2D eigenvalue weighted by Gasteiger charge is -2.33. The number of hydrogen-bond acceptors (Lipinski definition) is 2. The average molecular weight is 297 g/mol. The number of hydrogen-bond donors (Lipinski definition) is 1. The van der Waals surface area contributed by atoms with Crippen LogP contribution in [-0.4, -0.2) is 23.4 Å². The summed E-state index contributed by atoms with van der Waals surface area (Å²) in [5.41, 5.74) is 7.03. The smallest absolute Gasteiger partial charge is 0.255 e. The molecule has 1 amide bonds. The molecule has 1 unspecified atom stereocenters. The maximum Gasteiger partial charge on any atom is 0.255 e. The van der Waals surface area contributed by atoms with Crippen LogP contribution >= 0.6 is 15.9 Å². The number of rotatable bonds is 1. The van der Waals surface area contributed by atoms with E-state index in [0.29, 0.717) is 17.3 Å². The molecule has 92 valence electrons. The molecule has 1 fully saturated rings. The van der Waals surface area contributed by atoms with Gasteiger partial charge in [-0.1, -0.05) is 0 Å². The van der Waals surface area contributed by atoms with Crippen LogP contribution in [-0.2, 0) is 0 Å². The van der Waals surface area contributed by atoms with Crippen LogP contribution in [0.5, 0.6) is 0 Å². The highest BCUT2D eigenvalue weighted by atomic mass is 79.9. The molecule has 1 aromatic rings. The molecule has 4 heteroatoms. The summed E-state index contributed by atoms with van der Waals surface area (Å²) in [6.07, 6.45) is 3.39. The lowest BCUT2D eigenvalue weighted by Crippen LogP contribution is -2.42. The van der Waals surface area contributed by atoms with E-state index in [4.69, 9.17) is 5.73 Å². The van der Waals surface area contributed by atoms with Crippen molar-refractivity contribution in [2.75, 3.05) is 12.3 Å². The van der Waals surface area contributed by atoms with Gasteiger partial charge >= 0.3 is 0 Å². The van der Waals surface area contributed by atoms with Gasteiger partial charge in [-0.05, 0) is 60.3 Å². The van der Waals surface area contributed by atoms with Gasteiger partial charge in [0.1, 0.15) is 0 Å². The van der Waals surface area contributed by atoms with Gasteiger partial charge in [0.15, 0.2) is 0 Å². The summed E-state index contributed by atoms with van der Waals surface area (Å²) in [6, 6.07) is 5.69. The Morgan fingerprint density at radius 3 is 2.94 bits per heavy atom. The number of nitrogen functional groups attached to an aromatic ring is 1. The number of carbonyl (C=O) groups is 1. The van der Waals surface area contributed by atoms with Crippen LogP contribution in [0.15, 0.2) is 22.7 Å². The van der Waals surface area contributed by atoms with Crippen molar-refractivity contribution in [3.63, 3.8) is 0 Å². The van der Waals surface area contributed by atoms with Gasteiger partial charge in [-0.3, -0.25) is 4.79 Å². The minimum absolute atomic E-state index is 0.0800. The molecule has 0 saturated carbocycles. The Bertz CT molecular complexity index is 433. The van der Waals surface area contributed by atoms with Gasteiger partial charge < -0.3 is 10.6 Å². The highest BCUT2D eigenvalue weighted by Crippen LogP contribution is 2.25. The second kappa shape index (κ2) is 5.08. The number of halogens is 1. The summed E-state index contributed by atoms with van der Waals surface area (Å²) < 4.78 is 0.814. The fourth-order valence-electron chi connectivity index (χ4n) is 2.26. The van der Waals surface area contributed by atoms with E-state index in [2.05, 4.69) is 22.9 Å². The lowest BCUT2D eigenvalue weighted by molar-refractivity contribution is 0.0634. The highest BCUT2D eigenvalue weighted by Gasteiger charge is 2.25. The number of piperidine rings is 1. The molecule has 1 aliphatic heterocycles. The summed E-state index contributed by atoms with van der Waals surface area (Å²) in [6.45, 7) is 2.96. The Labute approximate surface area is 110 Å². The van der Waals surface area contributed by atoms with E-state index < -0.39 is 0 Å². The monoisotopic (exact) mass is 296 g/mol. The zero-order valence-electron chi connectivity index (χ0n) is 9.95. The van der Waals surface area contributed by atoms with E-state index in [1.54, 1.807) is 12.1 Å². The molecule has 0 spiro atoms. The maximum atomic E-state index is 12.4.